The summed E-state index contributed by atoms with van der Waals surface area (Å²) in [6.45, 7) is 7.40. The lowest BCUT2D eigenvalue weighted by Crippen LogP contribution is -2.24. The van der Waals surface area contributed by atoms with Crippen LogP contribution in [0.3, 0.4) is 0 Å². The van der Waals surface area contributed by atoms with Crippen molar-refractivity contribution < 1.29 is 14.4 Å². The lowest BCUT2D eigenvalue weighted by Gasteiger charge is -2.23. The van der Waals surface area contributed by atoms with Crippen molar-refractivity contribution in [2.24, 2.45) is 5.41 Å². The maximum atomic E-state index is 13.0. The largest absolute Gasteiger partial charge is 0.294 e. The van der Waals surface area contributed by atoms with E-state index in [0.29, 0.717) is 27.8 Å². The summed E-state index contributed by atoms with van der Waals surface area (Å²) in [7, 11) is 0. The zero-order valence-corrected chi connectivity index (χ0v) is 14.8. The number of ketones is 3. The normalized spacial score (nSPS) is 14.2. The number of benzene rings is 2. The predicted molar refractivity (Wildman–Crippen MR) is 98.0 cm³/mol. The molecular formula is C22H20O3. The minimum atomic E-state index is -0.582. The van der Waals surface area contributed by atoms with E-state index in [9.17, 15) is 14.4 Å². The number of hydrogen-bond donors (Lipinski definition) is 0. The molecule has 0 fully saturated rings. The van der Waals surface area contributed by atoms with E-state index >= 15 is 0 Å². The third-order valence-electron chi connectivity index (χ3n) is 4.43. The summed E-state index contributed by atoms with van der Waals surface area (Å²) in [6, 6.07) is 12.2. The average molecular weight is 332 g/mol. The van der Waals surface area contributed by atoms with Crippen molar-refractivity contribution in [2.45, 2.75) is 27.7 Å². The molecule has 0 N–H and O–H groups in total. The number of aryl methyl sites for hydroxylation is 1. The van der Waals surface area contributed by atoms with Gasteiger partial charge in [-0.25, -0.2) is 0 Å². The Morgan fingerprint density at radius 2 is 1.44 bits per heavy atom. The smallest absolute Gasteiger partial charge is 0.194 e. The highest BCUT2D eigenvalue weighted by Crippen LogP contribution is 2.33. The molecule has 0 bridgehead atoms. The van der Waals surface area contributed by atoms with Crippen LogP contribution in [0, 0.1) is 12.3 Å². The van der Waals surface area contributed by atoms with Crippen LogP contribution in [-0.4, -0.2) is 17.3 Å². The highest BCUT2D eigenvalue weighted by Gasteiger charge is 2.32. The van der Waals surface area contributed by atoms with Crippen molar-refractivity contribution in [1.29, 1.82) is 0 Å². The van der Waals surface area contributed by atoms with Crippen LogP contribution in [0.15, 0.2) is 48.5 Å². The molecule has 0 radical (unpaired) electrons. The van der Waals surface area contributed by atoms with Gasteiger partial charge in [-0.05, 0) is 24.1 Å². The van der Waals surface area contributed by atoms with E-state index in [1.165, 1.54) is 6.08 Å². The summed E-state index contributed by atoms with van der Waals surface area (Å²) in [6.07, 6.45) is 1.36. The molecule has 0 aromatic heterocycles. The fourth-order valence-electron chi connectivity index (χ4n) is 3.08. The SMILES string of the molecule is Cc1cccc(C2=CC(=O)c3ccccc3C2=O)c1C(=O)C(C)(C)C. The minimum Gasteiger partial charge on any atom is -0.294 e. The van der Waals surface area contributed by atoms with E-state index in [2.05, 4.69) is 0 Å². The fourth-order valence-corrected chi connectivity index (χ4v) is 3.08. The first-order chi connectivity index (χ1) is 11.7. The van der Waals surface area contributed by atoms with Gasteiger partial charge >= 0.3 is 0 Å². The molecule has 1 aliphatic rings. The molecule has 1 aliphatic carbocycles. The Morgan fingerprint density at radius 3 is 2.08 bits per heavy atom. The monoisotopic (exact) mass is 332 g/mol. The third kappa shape index (κ3) is 2.86. The van der Waals surface area contributed by atoms with E-state index in [1.807, 2.05) is 39.8 Å². The van der Waals surface area contributed by atoms with Crippen LogP contribution in [0.4, 0.5) is 0 Å². The van der Waals surface area contributed by atoms with Crippen molar-refractivity contribution >= 4 is 22.9 Å². The van der Waals surface area contributed by atoms with E-state index in [1.54, 1.807) is 30.3 Å². The Bertz CT molecular complexity index is 940. The Morgan fingerprint density at radius 1 is 0.840 bits per heavy atom. The number of carbonyl (C=O) groups excluding carboxylic acids is 3. The number of fused-ring (bicyclic) bond motifs is 1. The van der Waals surface area contributed by atoms with Gasteiger partial charge in [-0.3, -0.25) is 14.4 Å². The second-order valence-corrected chi connectivity index (χ2v) is 7.37. The first-order valence-electron chi connectivity index (χ1n) is 8.26. The number of carbonyl (C=O) groups is 3. The Balaban J connectivity index is 2.22. The van der Waals surface area contributed by atoms with Gasteiger partial charge in [0, 0.05) is 27.7 Å². The van der Waals surface area contributed by atoms with Crippen LogP contribution in [0.2, 0.25) is 0 Å². The van der Waals surface area contributed by atoms with Crippen LogP contribution >= 0.6 is 0 Å². The molecule has 126 valence electrons. The minimum absolute atomic E-state index is 0.0411. The molecule has 25 heavy (non-hydrogen) atoms. The Hall–Kier alpha value is -2.81. The lowest BCUT2D eigenvalue weighted by molar-refractivity contribution is 0.0857. The Labute approximate surface area is 147 Å². The summed E-state index contributed by atoms with van der Waals surface area (Å²) < 4.78 is 0. The van der Waals surface area contributed by atoms with Gasteiger partial charge in [0.2, 0.25) is 0 Å². The van der Waals surface area contributed by atoms with Crippen LogP contribution in [0.5, 0.6) is 0 Å². The summed E-state index contributed by atoms with van der Waals surface area (Å²) in [5, 5.41) is 0. The molecule has 0 saturated heterocycles. The van der Waals surface area contributed by atoms with Gasteiger partial charge in [0.1, 0.15) is 0 Å². The van der Waals surface area contributed by atoms with Gasteiger partial charge < -0.3 is 0 Å². The molecule has 2 aromatic carbocycles. The Kier molecular flexibility index (Phi) is 4.03. The number of Topliss-reactive ketones (excluding diaryl/α,β-unsaturated/α-hetero) is 2. The van der Waals surface area contributed by atoms with Crippen LogP contribution in [0.1, 0.15) is 63.0 Å². The van der Waals surface area contributed by atoms with Gasteiger partial charge in [-0.2, -0.15) is 0 Å². The van der Waals surface area contributed by atoms with Gasteiger partial charge in [0.25, 0.3) is 0 Å². The second-order valence-electron chi connectivity index (χ2n) is 7.37. The highest BCUT2D eigenvalue weighted by molar-refractivity contribution is 6.39. The summed E-state index contributed by atoms with van der Waals surface area (Å²) >= 11 is 0. The fraction of sp³-hybridized carbons (Fsp3) is 0.227. The van der Waals surface area contributed by atoms with Crippen molar-refractivity contribution in [2.75, 3.05) is 0 Å². The molecule has 2 aromatic rings. The quantitative estimate of drug-likeness (QED) is 0.750. The number of hydrogen-bond acceptors (Lipinski definition) is 3. The van der Waals surface area contributed by atoms with Gasteiger partial charge in [0.05, 0.1) is 0 Å². The second kappa shape index (κ2) is 5.92. The molecule has 0 spiro atoms. The van der Waals surface area contributed by atoms with Gasteiger partial charge in [0.15, 0.2) is 17.3 Å². The first-order valence-corrected chi connectivity index (χ1v) is 8.26. The lowest BCUT2D eigenvalue weighted by atomic mass is 9.78. The summed E-state index contributed by atoms with van der Waals surface area (Å²) in [4.78, 5) is 38.4. The topological polar surface area (TPSA) is 51.2 Å². The molecule has 0 amide bonds. The van der Waals surface area contributed by atoms with Crippen molar-refractivity contribution in [3.05, 3.63) is 76.4 Å². The van der Waals surface area contributed by atoms with Crippen molar-refractivity contribution in [3.8, 4) is 0 Å². The molecule has 0 saturated carbocycles. The zero-order valence-electron chi connectivity index (χ0n) is 14.8. The summed E-state index contributed by atoms with van der Waals surface area (Å²) in [5.74, 6) is -0.467. The van der Waals surface area contributed by atoms with Gasteiger partial charge in [-0.15, -0.1) is 0 Å². The van der Waals surface area contributed by atoms with Crippen molar-refractivity contribution in [3.63, 3.8) is 0 Å². The molecule has 3 nitrogen and oxygen atoms in total. The molecule has 3 heteroatoms. The van der Waals surface area contributed by atoms with Crippen LogP contribution in [-0.2, 0) is 0 Å². The van der Waals surface area contributed by atoms with E-state index in [4.69, 9.17) is 0 Å². The van der Waals surface area contributed by atoms with E-state index < -0.39 is 5.41 Å². The molecular weight excluding hydrogens is 312 g/mol. The van der Waals surface area contributed by atoms with Crippen LogP contribution in [0.25, 0.3) is 5.57 Å². The zero-order chi connectivity index (χ0) is 18.4. The van der Waals surface area contributed by atoms with Crippen molar-refractivity contribution in [1.82, 2.24) is 0 Å². The summed E-state index contributed by atoms with van der Waals surface area (Å²) in [5.41, 5.74) is 2.36. The van der Waals surface area contributed by atoms with Crippen LogP contribution < -0.4 is 0 Å². The highest BCUT2D eigenvalue weighted by atomic mass is 16.1. The first kappa shape index (κ1) is 17.0. The molecule has 0 unspecified atom stereocenters. The predicted octanol–water partition coefficient (Wildman–Crippen LogP) is 4.69. The molecule has 3 rings (SSSR count). The average Bonchev–Trinajstić information content (AvgIpc) is 2.56. The molecule has 0 aliphatic heterocycles. The molecule has 0 atom stereocenters. The van der Waals surface area contributed by atoms with E-state index in [0.717, 1.165) is 5.56 Å². The van der Waals surface area contributed by atoms with E-state index in [-0.39, 0.29) is 17.3 Å². The molecule has 0 heterocycles. The maximum Gasteiger partial charge on any atom is 0.194 e. The maximum absolute atomic E-state index is 13.0. The van der Waals surface area contributed by atoms with Gasteiger partial charge in [-0.1, -0.05) is 63.2 Å². The number of rotatable bonds is 2. The third-order valence-corrected chi connectivity index (χ3v) is 4.43. The number of allylic oxidation sites excluding steroid dienone is 2. The standard InChI is InChI=1S/C22H20O3/c1-13-8-7-11-15(19(13)21(25)22(2,3)4)17-12-18(23)14-9-5-6-10-16(14)20(17)24/h5-12H,1-4H3.